The molecule has 0 bridgehead atoms. The minimum Gasteiger partial charge on any atom is -0.450 e. The molecule has 1 heterocycles. The zero-order chi connectivity index (χ0) is 22.6. The van der Waals surface area contributed by atoms with Crippen LogP contribution >= 0.6 is 0 Å². The summed E-state index contributed by atoms with van der Waals surface area (Å²) >= 11 is 0. The predicted molar refractivity (Wildman–Crippen MR) is 118 cm³/mol. The first-order valence-corrected chi connectivity index (χ1v) is 11.5. The predicted octanol–water partition coefficient (Wildman–Crippen LogP) is 2.73. The van der Waals surface area contributed by atoms with Crippen LogP contribution in [0.2, 0.25) is 0 Å². The van der Waals surface area contributed by atoms with Gasteiger partial charge in [-0.3, -0.25) is 9.10 Å². The van der Waals surface area contributed by atoms with Crippen molar-refractivity contribution in [2.24, 2.45) is 0 Å². The van der Waals surface area contributed by atoms with E-state index in [1.165, 1.54) is 11.4 Å². The van der Waals surface area contributed by atoms with E-state index in [0.29, 0.717) is 49.6 Å². The van der Waals surface area contributed by atoms with Gasteiger partial charge in [-0.1, -0.05) is 18.2 Å². The third-order valence-corrected chi connectivity index (χ3v) is 7.06. The van der Waals surface area contributed by atoms with Gasteiger partial charge in [-0.15, -0.1) is 0 Å². The fraction of sp³-hybridized carbons (Fsp3) is 0.364. The molecule has 1 fully saturated rings. The highest BCUT2D eigenvalue weighted by Gasteiger charge is 2.27. The number of hydrogen-bond acceptors (Lipinski definition) is 5. The van der Waals surface area contributed by atoms with Crippen molar-refractivity contribution < 1.29 is 22.7 Å². The number of aryl methyl sites for hydroxylation is 1. The number of hydrogen-bond donors (Lipinski definition) is 0. The first-order chi connectivity index (χ1) is 14.8. The highest BCUT2D eigenvalue weighted by Crippen LogP contribution is 2.26. The van der Waals surface area contributed by atoms with Crippen LogP contribution < -0.4 is 4.31 Å². The van der Waals surface area contributed by atoms with E-state index in [4.69, 9.17) is 4.74 Å². The molecule has 0 spiro atoms. The van der Waals surface area contributed by atoms with E-state index < -0.39 is 10.0 Å². The van der Waals surface area contributed by atoms with E-state index in [2.05, 4.69) is 0 Å². The summed E-state index contributed by atoms with van der Waals surface area (Å²) in [5, 5.41) is 0. The number of piperazine rings is 1. The fourth-order valence-corrected chi connectivity index (χ4v) is 4.79. The van der Waals surface area contributed by atoms with Gasteiger partial charge < -0.3 is 14.5 Å². The number of sulfonamides is 1. The van der Waals surface area contributed by atoms with E-state index in [1.54, 1.807) is 72.2 Å². The summed E-state index contributed by atoms with van der Waals surface area (Å²) in [5.74, 6) is -0.147. The second kappa shape index (κ2) is 9.38. The number of amides is 2. The first-order valence-electron chi connectivity index (χ1n) is 10.1. The summed E-state index contributed by atoms with van der Waals surface area (Å²) in [6.45, 7) is 5.52. The molecule has 9 heteroatoms. The van der Waals surface area contributed by atoms with Crippen molar-refractivity contribution in [1.82, 2.24) is 9.80 Å². The second-order valence-electron chi connectivity index (χ2n) is 7.27. The lowest BCUT2D eigenvalue weighted by molar-refractivity contribution is 0.0570. The summed E-state index contributed by atoms with van der Waals surface area (Å²) in [6.07, 6.45) is -0.363. The molecule has 31 heavy (non-hydrogen) atoms. The lowest BCUT2D eigenvalue weighted by Gasteiger charge is -2.34. The molecule has 0 aliphatic carbocycles. The van der Waals surface area contributed by atoms with E-state index in [-0.39, 0.29) is 16.9 Å². The van der Waals surface area contributed by atoms with Crippen LogP contribution in [0, 0.1) is 6.92 Å². The van der Waals surface area contributed by atoms with Crippen LogP contribution in [0.1, 0.15) is 22.8 Å². The van der Waals surface area contributed by atoms with Gasteiger partial charge in [0.1, 0.15) is 0 Å². The Morgan fingerprint density at radius 1 is 1.00 bits per heavy atom. The average Bonchev–Trinajstić information content (AvgIpc) is 2.79. The normalized spacial score (nSPS) is 14.3. The lowest BCUT2D eigenvalue weighted by Crippen LogP contribution is -2.50. The highest BCUT2D eigenvalue weighted by atomic mass is 32.2. The van der Waals surface area contributed by atoms with Crippen molar-refractivity contribution in [1.29, 1.82) is 0 Å². The van der Waals surface area contributed by atoms with Gasteiger partial charge in [0.2, 0.25) is 0 Å². The molecule has 2 amide bonds. The largest absolute Gasteiger partial charge is 0.450 e. The lowest BCUT2D eigenvalue weighted by atomic mass is 10.1. The molecule has 1 saturated heterocycles. The number of carbonyl (C=O) groups is 2. The highest BCUT2D eigenvalue weighted by molar-refractivity contribution is 7.92. The zero-order valence-corrected chi connectivity index (χ0v) is 18.8. The van der Waals surface area contributed by atoms with E-state index in [0.717, 1.165) is 0 Å². The van der Waals surface area contributed by atoms with Crippen LogP contribution in [0.25, 0.3) is 0 Å². The van der Waals surface area contributed by atoms with Crippen molar-refractivity contribution in [3.63, 3.8) is 0 Å². The molecule has 166 valence electrons. The minimum absolute atomic E-state index is 0.147. The minimum atomic E-state index is -3.70. The second-order valence-corrected chi connectivity index (χ2v) is 9.23. The van der Waals surface area contributed by atoms with Crippen LogP contribution in [0.4, 0.5) is 10.5 Å². The van der Waals surface area contributed by atoms with Crippen molar-refractivity contribution >= 4 is 27.7 Å². The molecule has 2 aromatic rings. The Bertz CT molecular complexity index is 1050. The molecule has 0 saturated carbocycles. The third kappa shape index (κ3) is 4.82. The maximum atomic E-state index is 12.9. The topological polar surface area (TPSA) is 87.2 Å². The average molecular weight is 446 g/mol. The molecule has 8 nitrogen and oxygen atoms in total. The van der Waals surface area contributed by atoms with Crippen LogP contribution in [0.5, 0.6) is 0 Å². The maximum absolute atomic E-state index is 12.9. The van der Waals surface area contributed by atoms with Gasteiger partial charge in [0.25, 0.3) is 15.9 Å². The summed E-state index contributed by atoms with van der Waals surface area (Å²) in [7, 11) is -2.20. The van der Waals surface area contributed by atoms with E-state index in [1.807, 2.05) is 0 Å². The third-order valence-electron chi connectivity index (χ3n) is 5.28. The molecule has 1 aliphatic rings. The van der Waals surface area contributed by atoms with Crippen molar-refractivity contribution in [3.8, 4) is 0 Å². The van der Waals surface area contributed by atoms with Crippen LogP contribution in [-0.4, -0.2) is 70.1 Å². The molecular formula is C22H27N3O5S. The maximum Gasteiger partial charge on any atom is 0.409 e. The van der Waals surface area contributed by atoms with Crippen LogP contribution in [0.3, 0.4) is 0 Å². The van der Waals surface area contributed by atoms with E-state index in [9.17, 15) is 18.0 Å². The van der Waals surface area contributed by atoms with Crippen molar-refractivity contribution in [2.45, 2.75) is 18.7 Å². The molecule has 0 aromatic heterocycles. The number of rotatable bonds is 5. The van der Waals surface area contributed by atoms with Gasteiger partial charge in [-0.25, -0.2) is 13.2 Å². The summed E-state index contributed by atoms with van der Waals surface area (Å²) in [4.78, 5) is 28.2. The van der Waals surface area contributed by atoms with E-state index >= 15 is 0 Å². The van der Waals surface area contributed by atoms with Gasteiger partial charge in [-0.2, -0.15) is 0 Å². The molecule has 3 rings (SSSR count). The molecule has 0 N–H and O–H groups in total. The number of carbonyl (C=O) groups excluding carboxylic acids is 2. The van der Waals surface area contributed by atoms with Gasteiger partial charge in [-0.05, 0) is 49.7 Å². The summed E-state index contributed by atoms with van der Waals surface area (Å²) < 4.78 is 32.0. The van der Waals surface area contributed by atoms with Gasteiger partial charge in [0.05, 0.1) is 17.2 Å². The molecular weight excluding hydrogens is 418 g/mol. The Labute approximate surface area is 183 Å². The molecule has 0 radical (unpaired) electrons. The summed E-state index contributed by atoms with van der Waals surface area (Å²) in [6, 6.07) is 13.2. The molecule has 1 aliphatic heterocycles. The standard InChI is InChI=1S/C22H27N3O5S/c1-4-30-22(27)25-14-12-24(13-15-25)21(26)18-10-11-20(17(2)16-18)23(3)31(28,29)19-8-6-5-7-9-19/h5-11,16H,4,12-15H2,1-3H3. The van der Waals surface area contributed by atoms with Gasteiger partial charge in [0, 0.05) is 38.8 Å². The Balaban J connectivity index is 1.72. The molecule has 2 aromatic carbocycles. The van der Waals surface area contributed by atoms with Crippen LogP contribution in [0.15, 0.2) is 53.4 Å². The SMILES string of the molecule is CCOC(=O)N1CCN(C(=O)c2ccc(N(C)S(=O)(=O)c3ccccc3)c(C)c2)CC1. The Hall–Kier alpha value is -3.07. The Kier molecular flexibility index (Phi) is 6.84. The number of nitrogens with zero attached hydrogens (tertiary/aromatic N) is 3. The van der Waals surface area contributed by atoms with Crippen LogP contribution in [-0.2, 0) is 14.8 Å². The van der Waals surface area contributed by atoms with Gasteiger partial charge in [0.15, 0.2) is 0 Å². The summed E-state index contributed by atoms with van der Waals surface area (Å²) in [5.41, 5.74) is 1.67. The number of ether oxygens (including phenoxy) is 1. The van der Waals surface area contributed by atoms with Crippen molar-refractivity contribution in [3.05, 3.63) is 59.7 Å². The van der Waals surface area contributed by atoms with Crippen molar-refractivity contribution in [2.75, 3.05) is 44.1 Å². The number of anilines is 1. The first kappa shape index (κ1) is 22.6. The molecule has 0 atom stereocenters. The van der Waals surface area contributed by atoms with Gasteiger partial charge >= 0.3 is 6.09 Å². The fourth-order valence-electron chi connectivity index (χ4n) is 3.51. The Morgan fingerprint density at radius 2 is 1.61 bits per heavy atom. The molecule has 0 unspecified atom stereocenters. The monoisotopic (exact) mass is 445 g/mol. The zero-order valence-electron chi connectivity index (χ0n) is 17.9. The quantitative estimate of drug-likeness (QED) is 0.706. The smallest absolute Gasteiger partial charge is 0.409 e. The number of benzene rings is 2. The Morgan fingerprint density at radius 3 is 2.19 bits per heavy atom.